The summed E-state index contributed by atoms with van der Waals surface area (Å²) in [7, 11) is -3.30. The van der Waals surface area contributed by atoms with Crippen LogP contribution in [0.3, 0.4) is 0 Å². The van der Waals surface area contributed by atoms with Crippen LogP contribution in [0.1, 0.15) is 19.4 Å². The molecule has 0 aliphatic carbocycles. The number of amides is 1. The van der Waals surface area contributed by atoms with E-state index < -0.39 is 21.5 Å². The van der Waals surface area contributed by atoms with Crippen LogP contribution in [0.5, 0.6) is 5.75 Å². The van der Waals surface area contributed by atoms with Crippen molar-refractivity contribution in [1.29, 1.82) is 0 Å². The van der Waals surface area contributed by atoms with Gasteiger partial charge in [0.2, 0.25) is 5.91 Å². The van der Waals surface area contributed by atoms with Crippen LogP contribution in [0.25, 0.3) is 0 Å². The van der Waals surface area contributed by atoms with E-state index in [1.165, 1.54) is 6.92 Å². The molecule has 104 valence electrons. The first kappa shape index (κ1) is 13.9. The summed E-state index contributed by atoms with van der Waals surface area (Å²) in [6.07, 6.45) is 0.938. The van der Waals surface area contributed by atoms with Crippen molar-refractivity contribution in [3.63, 3.8) is 0 Å². The molecular weight excluding hydrogens is 266 g/mol. The van der Waals surface area contributed by atoms with E-state index in [0.29, 0.717) is 5.69 Å². The van der Waals surface area contributed by atoms with Gasteiger partial charge in [-0.2, -0.15) is 0 Å². The molecule has 1 aliphatic heterocycles. The zero-order valence-corrected chi connectivity index (χ0v) is 11.8. The number of hydrogen-bond donors (Lipinski definition) is 1. The summed E-state index contributed by atoms with van der Waals surface area (Å²) in [4.78, 5) is 11.6. The summed E-state index contributed by atoms with van der Waals surface area (Å²) in [5.41, 5.74) is 1.64. The summed E-state index contributed by atoms with van der Waals surface area (Å²) in [6, 6.07) is 5.34. The van der Waals surface area contributed by atoms with E-state index in [1.54, 1.807) is 12.1 Å². The Hall–Kier alpha value is -1.56. The second-order valence-corrected chi connectivity index (χ2v) is 7.03. The minimum Gasteiger partial charge on any atom is -0.490 e. The lowest BCUT2D eigenvalue weighted by Gasteiger charge is -2.07. The van der Waals surface area contributed by atoms with E-state index in [1.807, 2.05) is 13.0 Å². The van der Waals surface area contributed by atoms with Crippen LogP contribution in [0, 0.1) is 0 Å². The fraction of sp³-hybridized carbons (Fsp3) is 0.462. The summed E-state index contributed by atoms with van der Waals surface area (Å²) in [6.45, 7) is 3.50. The molecule has 0 saturated carbocycles. The van der Waals surface area contributed by atoms with Gasteiger partial charge in [-0.1, -0.05) is 6.92 Å². The molecule has 1 aliphatic rings. The maximum absolute atomic E-state index is 11.6. The first-order valence-electron chi connectivity index (χ1n) is 6.19. The second kappa shape index (κ2) is 5.21. The Morgan fingerprint density at radius 3 is 2.89 bits per heavy atom. The highest BCUT2D eigenvalue weighted by Crippen LogP contribution is 2.30. The molecule has 0 bridgehead atoms. The van der Waals surface area contributed by atoms with Crippen LogP contribution in [-0.2, 0) is 21.1 Å². The molecule has 1 aromatic carbocycles. The van der Waals surface area contributed by atoms with Gasteiger partial charge in [0, 0.05) is 17.9 Å². The number of benzene rings is 1. The van der Waals surface area contributed by atoms with Gasteiger partial charge < -0.3 is 10.1 Å². The van der Waals surface area contributed by atoms with Gasteiger partial charge in [0.05, 0.1) is 0 Å². The minimum atomic E-state index is -3.30. The summed E-state index contributed by atoms with van der Waals surface area (Å²) in [5.74, 6) is -0.191. The van der Waals surface area contributed by atoms with Crippen molar-refractivity contribution in [3.8, 4) is 5.75 Å². The number of rotatable bonds is 4. The third kappa shape index (κ3) is 3.47. The Morgan fingerprint density at radius 1 is 1.47 bits per heavy atom. The molecule has 5 nitrogen and oxygen atoms in total. The predicted octanol–water partition coefficient (Wildman–Crippen LogP) is 1.38. The van der Waals surface area contributed by atoms with E-state index >= 15 is 0 Å². The van der Waals surface area contributed by atoms with Crippen molar-refractivity contribution in [2.45, 2.75) is 26.4 Å². The molecule has 0 saturated heterocycles. The molecule has 1 N–H and O–H groups in total. The Balaban J connectivity index is 2.05. The molecule has 1 unspecified atom stereocenters. The molecule has 1 aromatic rings. The standard InChI is InChI=1S/C13H17NO4S/c1-3-19(16,17)8-13(15)14-11-4-5-12-10(7-11)6-9(2)18-12/h4-5,7,9H,3,6,8H2,1-2H3,(H,14,15). The molecule has 0 radical (unpaired) electrons. The van der Waals surface area contributed by atoms with Crippen LogP contribution in [0.2, 0.25) is 0 Å². The van der Waals surface area contributed by atoms with Gasteiger partial charge in [0.25, 0.3) is 0 Å². The first-order valence-corrected chi connectivity index (χ1v) is 8.01. The molecule has 2 rings (SSSR count). The molecule has 19 heavy (non-hydrogen) atoms. The number of hydrogen-bond acceptors (Lipinski definition) is 4. The normalized spacial score (nSPS) is 17.7. The molecule has 0 fully saturated rings. The fourth-order valence-corrected chi connectivity index (χ4v) is 2.67. The topological polar surface area (TPSA) is 72.5 Å². The van der Waals surface area contributed by atoms with Crippen molar-refractivity contribution in [2.24, 2.45) is 0 Å². The molecule has 1 heterocycles. The highest BCUT2D eigenvalue weighted by Gasteiger charge is 2.20. The Kier molecular flexibility index (Phi) is 3.80. The third-order valence-electron chi connectivity index (χ3n) is 2.97. The van der Waals surface area contributed by atoms with Crippen LogP contribution in [0.15, 0.2) is 18.2 Å². The minimum absolute atomic E-state index is 0.0318. The molecule has 1 atom stereocenters. The van der Waals surface area contributed by atoms with Gasteiger partial charge in [0.15, 0.2) is 9.84 Å². The summed E-state index contributed by atoms with van der Waals surface area (Å²) < 4.78 is 28.3. The molecule has 6 heteroatoms. The molecular formula is C13H17NO4S. The smallest absolute Gasteiger partial charge is 0.239 e. The van der Waals surface area contributed by atoms with Gasteiger partial charge in [-0.15, -0.1) is 0 Å². The highest BCUT2D eigenvalue weighted by molar-refractivity contribution is 7.92. The third-order valence-corrected chi connectivity index (χ3v) is 4.55. The van der Waals surface area contributed by atoms with Crippen molar-refractivity contribution in [2.75, 3.05) is 16.8 Å². The zero-order chi connectivity index (χ0) is 14.0. The zero-order valence-electron chi connectivity index (χ0n) is 11.0. The molecule has 0 spiro atoms. The van der Waals surface area contributed by atoms with Crippen molar-refractivity contribution in [1.82, 2.24) is 0 Å². The number of carbonyl (C=O) groups excluding carboxylic acids is 1. The maximum Gasteiger partial charge on any atom is 0.239 e. The lowest BCUT2D eigenvalue weighted by Crippen LogP contribution is -2.23. The van der Waals surface area contributed by atoms with Crippen molar-refractivity contribution in [3.05, 3.63) is 23.8 Å². The number of nitrogens with one attached hydrogen (secondary N) is 1. The lowest BCUT2D eigenvalue weighted by molar-refractivity contribution is -0.113. The SMILES string of the molecule is CCS(=O)(=O)CC(=O)Nc1ccc2c(c1)CC(C)O2. The van der Waals surface area contributed by atoms with Crippen LogP contribution < -0.4 is 10.1 Å². The van der Waals surface area contributed by atoms with Crippen molar-refractivity contribution >= 4 is 21.4 Å². The van der Waals surface area contributed by atoms with Crippen LogP contribution in [-0.4, -0.2) is 31.9 Å². The molecule has 0 aromatic heterocycles. The Morgan fingerprint density at radius 2 is 2.21 bits per heavy atom. The van der Waals surface area contributed by atoms with Gasteiger partial charge in [0.1, 0.15) is 17.6 Å². The first-order chi connectivity index (χ1) is 8.89. The Bertz CT molecular complexity index is 595. The lowest BCUT2D eigenvalue weighted by atomic mass is 10.1. The fourth-order valence-electron chi connectivity index (χ4n) is 2.00. The summed E-state index contributed by atoms with van der Waals surface area (Å²) in [5, 5.41) is 2.60. The average Bonchev–Trinajstić information content (AvgIpc) is 2.67. The average molecular weight is 283 g/mol. The summed E-state index contributed by atoms with van der Waals surface area (Å²) >= 11 is 0. The maximum atomic E-state index is 11.6. The van der Waals surface area contributed by atoms with Crippen LogP contribution >= 0.6 is 0 Å². The molecule has 1 amide bonds. The highest BCUT2D eigenvalue weighted by atomic mass is 32.2. The van der Waals surface area contributed by atoms with Gasteiger partial charge in [-0.05, 0) is 30.7 Å². The Labute approximate surface area is 112 Å². The number of carbonyl (C=O) groups is 1. The quantitative estimate of drug-likeness (QED) is 0.906. The number of sulfone groups is 1. The van der Waals surface area contributed by atoms with E-state index in [2.05, 4.69) is 5.32 Å². The van der Waals surface area contributed by atoms with Crippen molar-refractivity contribution < 1.29 is 17.9 Å². The largest absolute Gasteiger partial charge is 0.490 e. The van der Waals surface area contributed by atoms with E-state index in [-0.39, 0.29) is 11.9 Å². The van der Waals surface area contributed by atoms with E-state index in [0.717, 1.165) is 17.7 Å². The van der Waals surface area contributed by atoms with Crippen LogP contribution in [0.4, 0.5) is 5.69 Å². The second-order valence-electron chi connectivity index (χ2n) is 4.68. The van der Waals surface area contributed by atoms with Gasteiger partial charge in [-0.3, -0.25) is 4.79 Å². The van der Waals surface area contributed by atoms with Gasteiger partial charge >= 0.3 is 0 Å². The number of anilines is 1. The predicted molar refractivity (Wildman–Crippen MR) is 73.2 cm³/mol. The number of ether oxygens (including phenoxy) is 1. The van der Waals surface area contributed by atoms with Gasteiger partial charge in [-0.25, -0.2) is 8.42 Å². The monoisotopic (exact) mass is 283 g/mol. The number of fused-ring (bicyclic) bond motifs is 1. The van der Waals surface area contributed by atoms with E-state index in [4.69, 9.17) is 4.74 Å². The van der Waals surface area contributed by atoms with E-state index in [9.17, 15) is 13.2 Å².